The fourth-order valence-corrected chi connectivity index (χ4v) is 3.83. The van der Waals surface area contributed by atoms with Crippen LogP contribution in [0.5, 0.6) is 0 Å². The molecule has 0 radical (unpaired) electrons. The molecule has 0 aliphatic carbocycles. The molecule has 1 aliphatic rings. The quantitative estimate of drug-likeness (QED) is 0.705. The summed E-state index contributed by atoms with van der Waals surface area (Å²) in [6.45, 7) is 1.46. The van der Waals surface area contributed by atoms with Gasteiger partial charge in [-0.05, 0) is 24.3 Å². The van der Waals surface area contributed by atoms with Crippen LogP contribution < -0.4 is 5.32 Å². The van der Waals surface area contributed by atoms with Crippen LogP contribution in [0.1, 0.15) is 21.9 Å². The Labute approximate surface area is 150 Å². The van der Waals surface area contributed by atoms with Crippen LogP contribution in [0, 0.1) is 0 Å². The molecule has 0 saturated carbocycles. The van der Waals surface area contributed by atoms with Crippen LogP contribution in [0.3, 0.4) is 0 Å². The van der Waals surface area contributed by atoms with Gasteiger partial charge in [-0.25, -0.2) is 12.9 Å². The SMILES string of the molecule is CS(=O)(=O)N1CCn2nc(CNC(=O)c3cccc4ccnn34)cc2C1. The molecule has 0 saturated heterocycles. The predicted octanol–water partition coefficient (Wildman–Crippen LogP) is 0.236. The lowest BCUT2D eigenvalue weighted by atomic mass is 10.3. The number of nitrogens with one attached hydrogen (secondary N) is 1. The molecule has 0 aromatic carbocycles. The summed E-state index contributed by atoms with van der Waals surface area (Å²) in [6.07, 6.45) is 2.85. The number of hydrogen-bond donors (Lipinski definition) is 1. The summed E-state index contributed by atoms with van der Waals surface area (Å²) in [5.74, 6) is -0.247. The van der Waals surface area contributed by atoms with E-state index in [1.165, 1.54) is 10.6 Å². The third kappa shape index (κ3) is 3.08. The minimum absolute atomic E-state index is 0.247. The van der Waals surface area contributed by atoms with Crippen molar-refractivity contribution in [1.29, 1.82) is 0 Å². The molecule has 26 heavy (non-hydrogen) atoms. The lowest BCUT2D eigenvalue weighted by Crippen LogP contribution is -2.37. The first kappa shape index (κ1) is 16.7. The van der Waals surface area contributed by atoms with Crippen LogP contribution in [0.25, 0.3) is 5.52 Å². The number of aromatic nitrogens is 4. The van der Waals surface area contributed by atoms with Gasteiger partial charge in [0.15, 0.2) is 0 Å². The van der Waals surface area contributed by atoms with Crippen LogP contribution in [-0.4, -0.2) is 50.8 Å². The largest absolute Gasteiger partial charge is 0.345 e. The van der Waals surface area contributed by atoms with Gasteiger partial charge in [0.2, 0.25) is 10.0 Å². The van der Waals surface area contributed by atoms with Crippen molar-refractivity contribution in [2.45, 2.75) is 19.6 Å². The highest BCUT2D eigenvalue weighted by atomic mass is 32.2. The third-order valence-corrected chi connectivity index (χ3v) is 5.62. The second-order valence-electron chi connectivity index (χ2n) is 6.21. The van der Waals surface area contributed by atoms with Crippen LogP contribution in [0.15, 0.2) is 36.5 Å². The topological polar surface area (TPSA) is 102 Å². The molecule has 0 fully saturated rings. The van der Waals surface area contributed by atoms with E-state index in [2.05, 4.69) is 15.5 Å². The highest BCUT2D eigenvalue weighted by molar-refractivity contribution is 7.88. The summed E-state index contributed by atoms with van der Waals surface area (Å²) < 4.78 is 28.2. The van der Waals surface area contributed by atoms with Gasteiger partial charge in [0.25, 0.3) is 5.91 Å². The molecule has 1 amide bonds. The maximum atomic E-state index is 12.5. The number of carbonyl (C=O) groups is 1. The van der Waals surface area contributed by atoms with Crippen molar-refractivity contribution in [2.75, 3.05) is 12.8 Å². The zero-order valence-electron chi connectivity index (χ0n) is 14.2. The van der Waals surface area contributed by atoms with Gasteiger partial charge in [0.1, 0.15) is 5.69 Å². The monoisotopic (exact) mass is 374 g/mol. The molecule has 136 valence electrons. The zero-order valence-corrected chi connectivity index (χ0v) is 15.0. The van der Waals surface area contributed by atoms with Gasteiger partial charge in [0, 0.05) is 6.54 Å². The number of pyridine rings is 1. The Morgan fingerprint density at radius 1 is 1.27 bits per heavy atom. The van der Waals surface area contributed by atoms with Gasteiger partial charge in [-0.2, -0.15) is 14.5 Å². The summed E-state index contributed by atoms with van der Waals surface area (Å²) in [5.41, 5.74) is 2.80. The van der Waals surface area contributed by atoms with E-state index < -0.39 is 10.0 Å². The summed E-state index contributed by atoms with van der Waals surface area (Å²) in [7, 11) is -3.22. The molecule has 1 N–H and O–H groups in total. The van der Waals surface area contributed by atoms with E-state index in [1.807, 2.05) is 18.2 Å². The molecule has 0 unspecified atom stereocenters. The summed E-state index contributed by atoms with van der Waals surface area (Å²) in [6, 6.07) is 9.04. The average molecular weight is 374 g/mol. The van der Waals surface area contributed by atoms with E-state index in [1.54, 1.807) is 27.5 Å². The number of hydrogen-bond acceptors (Lipinski definition) is 5. The van der Waals surface area contributed by atoms with Crippen molar-refractivity contribution in [3.63, 3.8) is 0 Å². The Hall–Kier alpha value is -2.72. The van der Waals surface area contributed by atoms with E-state index >= 15 is 0 Å². The van der Waals surface area contributed by atoms with E-state index in [-0.39, 0.29) is 12.5 Å². The number of nitrogens with zero attached hydrogens (tertiary/aromatic N) is 5. The lowest BCUT2D eigenvalue weighted by Gasteiger charge is -2.25. The first-order chi connectivity index (χ1) is 12.4. The fraction of sp³-hybridized carbons (Fsp3) is 0.312. The number of sulfonamides is 1. The van der Waals surface area contributed by atoms with Crippen molar-refractivity contribution in [3.05, 3.63) is 53.6 Å². The molecule has 3 aromatic heterocycles. The molecule has 0 spiro atoms. The minimum atomic E-state index is -3.22. The smallest absolute Gasteiger partial charge is 0.270 e. The zero-order chi connectivity index (χ0) is 18.3. The van der Waals surface area contributed by atoms with Crippen LogP contribution >= 0.6 is 0 Å². The van der Waals surface area contributed by atoms with E-state index in [4.69, 9.17) is 0 Å². The molecule has 0 atom stereocenters. The molecule has 3 aromatic rings. The predicted molar refractivity (Wildman–Crippen MR) is 93.8 cm³/mol. The van der Waals surface area contributed by atoms with Crippen LogP contribution in [-0.2, 0) is 29.7 Å². The first-order valence-corrected chi connectivity index (χ1v) is 9.98. The van der Waals surface area contributed by atoms with Gasteiger partial charge in [0.05, 0.1) is 49.0 Å². The standard InChI is InChI=1S/C16H18N6O3S/c1-26(24,25)20-7-8-21-14(11-20)9-12(19-21)10-17-16(23)15-4-2-3-13-5-6-18-22(13)15/h2-6,9H,7-8,10-11H2,1H3,(H,17,23). The number of rotatable bonds is 4. The molecule has 10 heteroatoms. The Bertz CT molecular complexity index is 1080. The summed E-state index contributed by atoms with van der Waals surface area (Å²) in [5, 5.41) is 11.4. The molecule has 9 nitrogen and oxygen atoms in total. The second kappa shape index (κ2) is 6.22. The van der Waals surface area contributed by atoms with Crippen LogP contribution in [0.2, 0.25) is 0 Å². The van der Waals surface area contributed by atoms with Gasteiger partial charge in [-0.1, -0.05) is 6.07 Å². The van der Waals surface area contributed by atoms with E-state index in [9.17, 15) is 13.2 Å². The van der Waals surface area contributed by atoms with E-state index in [0.29, 0.717) is 31.0 Å². The maximum absolute atomic E-state index is 12.5. The van der Waals surface area contributed by atoms with Crippen molar-refractivity contribution in [2.24, 2.45) is 0 Å². The molecule has 0 bridgehead atoms. The van der Waals surface area contributed by atoms with Crippen molar-refractivity contribution >= 4 is 21.4 Å². The highest BCUT2D eigenvalue weighted by Crippen LogP contribution is 2.16. The first-order valence-electron chi connectivity index (χ1n) is 8.13. The normalized spacial score (nSPS) is 15.1. The van der Waals surface area contributed by atoms with E-state index in [0.717, 1.165) is 11.2 Å². The summed E-state index contributed by atoms with van der Waals surface area (Å²) >= 11 is 0. The third-order valence-electron chi connectivity index (χ3n) is 4.37. The molecule has 1 aliphatic heterocycles. The highest BCUT2D eigenvalue weighted by Gasteiger charge is 2.24. The van der Waals surface area contributed by atoms with Crippen LogP contribution in [0.4, 0.5) is 0 Å². The summed E-state index contributed by atoms with van der Waals surface area (Å²) in [4.78, 5) is 12.5. The Morgan fingerprint density at radius 2 is 2.12 bits per heavy atom. The fourth-order valence-electron chi connectivity index (χ4n) is 3.05. The Morgan fingerprint density at radius 3 is 2.92 bits per heavy atom. The van der Waals surface area contributed by atoms with Gasteiger partial charge < -0.3 is 5.32 Å². The number of amides is 1. The number of fused-ring (bicyclic) bond motifs is 2. The maximum Gasteiger partial charge on any atom is 0.270 e. The van der Waals surface area contributed by atoms with Crippen molar-refractivity contribution < 1.29 is 13.2 Å². The van der Waals surface area contributed by atoms with Gasteiger partial charge in [-0.3, -0.25) is 9.48 Å². The van der Waals surface area contributed by atoms with Gasteiger partial charge in [-0.15, -0.1) is 0 Å². The molecule has 4 heterocycles. The van der Waals surface area contributed by atoms with Gasteiger partial charge >= 0.3 is 0 Å². The second-order valence-corrected chi connectivity index (χ2v) is 8.19. The average Bonchev–Trinajstić information content (AvgIpc) is 3.23. The number of carbonyl (C=O) groups excluding carboxylic acids is 1. The molecular weight excluding hydrogens is 356 g/mol. The van der Waals surface area contributed by atoms with Crippen molar-refractivity contribution in [3.8, 4) is 0 Å². The molecule has 4 rings (SSSR count). The Balaban J connectivity index is 1.47. The minimum Gasteiger partial charge on any atom is -0.345 e. The lowest BCUT2D eigenvalue weighted by molar-refractivity contribution is 0.0943. The Kier molecular flexibility index (Phi) is 4.00. The molecular formula is C16H18N6O3S. The van der Waals surface area contributed by atoms with Crippen molar-refractivity contribution in [1.82, 2.24) is 29.0 Å².